The van der Waals surface area contributed by atoms with Gasteiger partial charge in [-0.05, 0) is 24.4 Å². The van der Waals surface area contributed by atoms with Gasteiger partial charge >= 0.3 is 0 Å². The molecule has 0 radical (unpaired) electrons. The van der Waals surface area contributed by atoms with Crippen molar-refractivity contribution in [2.45, 2.75) is 25.7 Å². The SMILES string of the molecule is COc1ccnc(OC)c1C(C)(C)CCN. The molecule has 4 nitrogen and oxygen atoms in total. The fourth-order valence-electron chi connectivity index (χ4n) is 1.86. The molecule has 0 aliphatic rings. The van der Waals surface area contributed by atoms with Gasteiger partial charge in [-0.3, -0.25) is 0 Å². The Labute approximate surface area is 96.8 Å². The zero-order chi connectivity index (χ0) is 12.2. The van der Waals surface area contributed by atoms with Gasteiger partial charge in [0.2, 0.25) is 5.88 Å². The van der Waals surface area contributed by atoms with Crippen LogP contribution in [0.4, 0.5) is 0 Å². The molecule has 16 heavy (non-hydrogen) atoms. The van der Waals surface area contributed by atoms with Gasteiger partial charge in [0.25, 0.3) is 0 Å². The molecule has 0 atom stereocenters. The van der Waals surface area contributed by atoms with E-state index in [1.807, 2.05) is 6.07 Å². The summed E-state index contributed by atoms with van der Waals surface area (Å²) in [5.74, 6) is 1.41. The number of nitrogens with zero attached hydrogens (tertiary/aromatic N) is 1. The summed E-state index contributed by atoms with van der Waals surface area (Å²) in [5, 5.41) is 0. The lowest BCUT2D eigenvalue weighted by Gasteiger charge is -2.27. The molecule has 4 heteroatoms. The Bertz CT molecular complexity index is 329. The van der Waals surface area contributed by atoms with Crippen molar-refractivity contribution in [3.05, 3.63) is 17.8 Å². The van der Waals surface area contributed by atoms with Gasteiger partial charge in [-0.2, -0.15) is 0 Å². The highest BCUT2D eigenvalue weighted by Gasteiger charge is 2.28. The number of ether oxygens (including phenoxy) is 2. The molecular weight excluding hydrogens is 204 g/mol. The predicted octanol–water partition coefficient (Wildman–Crippen LogP) is 1.73. The molecule has 1 aromatic rings. The van der Waals surface area contributed by atoms with Gasteiger partial charge < -0.3 is 15.2 Å². The fourth-order valence-corrected chi connectivity index (χ4v) is 1.86. The van der Waals surface area contributed by atoms with Crippen molar-refractivity contribution in [3.8, 4) is 11.6 Å². The van der Waals surface area contributed by atoms with Crippen LogP contribution in [-0.2, 0) is 5.41 Å². The van der Waals surface area contributed by atoms with Crippen LogP contribution in [0.2, 0.25) is 0 Å². The molecule has 0 bridgehead atoms. The van der Waals surface area contributed by atoms with Crippen molar-refractivity contribution in [1.82, 2.24) is 4.98 Å². The van der Waals surface area contributed by atoms with Crippen molar-refractivity contribution in [2.24, 2.45) is 5.73 Å². The van der Waals surface area contributed by atoms with E-state index in [0.29, 0.717) is 12.4 Å². The van der Waals surface area contributed by atoms with Gasteiger partial charge in [-0.15, -0.1) is 0 Å². The summed E-state index contributed by atoms with van der Waals surface area (Å²) >= 11 is 0. The second kappa shape index (κ2) is 5.16. The molecule has 0 amide bonds. The monoisotopic (exact) mass is 224 g/mol. The minimum Gasteiger partial charge on any atom is -0.496 e. The lowest BCUT2D eigenvalue weighted by Crippen LogP contribution is -2.23. The molecule has 2 N–H and O–H groups in total. The van der Waals surface area contributed by atoms with Gasteiger partial charge in [0.15, 0.2) is 0 Å². The van der Waals surface area contributed by atoms with Crippen LogP contribution >= 0.6 is 0 Å². The number of nitrogens with two attached hydrogens (primary N) is 1. The van der Waals surface area contributed by atoms with Gasteiger partial charge in [0.05, 0.1) is 19.8 Å². The Morgan fingerprint density at radius 1 is 1.31 bits per heavy atom. The lowest BCUT2D eigenvalue weighted by atomic mass is 9.81. The van der Waals surface area contributed by atoms with Crippen molar-refractivity contribution in [3.63, 3.8) is 0 Å². The van der Waals surface area contributed by atoms with Crippen LogP contribution in [0.25, 0.3) is 0 Å². The minimum absolute atomic E-state index is 0.111. The van der Waals surface area contributed by atoms with E-state index in [1.165, 1.54) is 0 Å². The van der Waals surface area contributed by atoms with Gasteiger partial charge in [0.1, 0.15) is 5.75 Å². The van der Waals surface area contributed by atoms with Gasteiger partial charge in [0, 0.05) is 6.20 Å². The topological polar surface area (TPSA) is 57.4 Å². The summed E-state index contributed by atoms with van der Waals surface area (Å²) in [6, 6.07) is 1.84. The van der Waals surface area contributed by atoms with E-state index in [1.54, 1.807) is 20.4 Å². The maximum Gasteiger partial charge on any atom is 0.220 e. The van der Waals surface area contributed by atoms with E-state index in [4.69, 9.17) is 15.2 Å². The summed E-state index contributed by atoms with van der Waals surface area (Å²) in [5.41, 5.74) is 6.50. The number of pyridine rings is 1. The second-order valence-electron chi connectivity index (χ2n) is 4.32. The molecule has 1 rings (SSSR count). The Morgan fingerprint density at radius 3 is 2.50 bits per heavy atom. The summed E-state index contributed by atoms with van der Waals surface area (Å²) in [6.07, 6.45) is 2.53. The molecule has 0 aliphatic heterocycles. The first kappa shape index (κ1) is 12.8. The maximum atomic E-state index is 5.63. The summed E-state index contributed by atoms with van der Waals surface area (Å²) in [7, 11) is 3.26. The van der Waals surface area contributed by atoms with Crippen LogP contribution in [0.1, 0.15) is 25.8 Å². The van der Waals surface area contributed by atoms with E-state index in [9.17, 15) is 0 Å². The molecule has 0 aromatic carbocycles. The molecule has 90 valence electrons. The molecule has 0 unspecified atom stereocenters. The van der Waals surface area contributed by atoms with E-state index >= 15 is 0 Å². The van der Waals surface area contributed by atoms with E-state index in [0.717, 1.165) is 17.7 Å². The highest BCUT2D eigenvalue weighted by molar-refractivity contribution is 5.45. The number of hydrogen-bond acceptors (Lipinski definition) is 4. The van der Waals surface area contributed by atoms with Crippen LogP contribution in [-0.4, -0.2) is 25.7 Å². The Morgan fingerprint density at radius 2 is 2.00 bits per heavy atom. The molecule has 0 spiro atoms. The molecular formula is C12H20N2O2. The number of hydrogen-bond donors (Lipinski definition) is 1. The molecule has 1 aromatic heterocycles. The highest BCUT2D eigenvalue weighted by atomic mass is 16.5. The average Bonchev–Trinajstić information content (AvgIpc) is 2.27. The smallest absolute Gasteiger partial charge is 0.220 e. The lowest BCUT2D eigenvalue weighted by molar-refractivity contribution is 0.345. The van der Waals surface area contributed by atoms with Crippen molar-refractivity contribution < 1.29 is 9.47 Å². The first-order valence-corrected chi connectivity index (χ1v) is 5.34. The summed E-state index contributed by atoms with van der Waals surface area (Å²) < 4.78 is 10.6. The molecule has 0 saturated heterocycles. The van der Waals surface area contributed by atoms with Gasteiger partial charge in [-0.1, -0.05) is 13.8 Å². The molecule has 1 heterocycles. The van der Waals surface area contributed by atoms with Crippen LogP contribution in [0.15, 0.2) is 12.3 Å². The van der Waals surface area contributed by atoms with Crippen LogP contribution in [0.5, 0.6) is 11.6 Å². The molecule has 0 saturated carbocycles. The number of aromatic nitrogens is 1. The third-order valence-electron chi connectivity index (χ3n) is 2.74. The first-order valence-electron chi connectivity index (χ1n) is 5.34. The van der Waals surface area contributed by atoms with Gasteiger partial charge in [-0.25, -0.2) is 4.98 Å². The normalized spacial score (nSPS) is 11.3. The third kappa shape index (κ3) is 2.44. The van der Waals surface area contributed by atoms with Crippen molar-refractivity contribution in [2.75, 3.05) is 20.8 Å². The summed E-state index contributed by atoms with van der Waals surface area (Å²) in [4.78, 5) is 4.21. The van der Waals surface area contributed by atoms with Crippen molar-refractivity contribution in [1.29, 1.82) is 0 Å². The maximum absolute atomic E-state index is 5.63. The number of methoxy groups -OCH3 is 2. The quantitative estimate of drug-likeness (QED) is 0.827. The van der Waals surface area contributed by atoms with Crippen LogP contribution in [0.3, 0.4) is 0 Å². The van der Waals surface area contributed by atoms with E-state index in [2.05, 4.69) is 18.8 Å². The Kier molecular flexibility index (Phi) is 4.12. The Hall–Kier alpha value is -1.29. The zero-order valence-electron chi connectivity index (χ0n) is 10.4. The Balaban J connectivity index is 3.27. The number of rotatable bonds is 5. The van der Waals surface area contributed by atoms with Crippen LogP contribution < -0.4 is 15.2 Å². The largest absolute Gasteiger partial charge is 0.496 e. The van der Waals surface area contributed by atoms with E-state index < -0.39 is 0 Å². The predicted molar refractivity (Wildman–Crippen MR) is 64.0 cm³/mol. The highest BCUT2D eigenvalue weighted by Crippen LogP contribution is 2.39. The fraction of sp³-hybridized carbons (Fsp3) is 0.583. The second-order valence-corrected chi connectivity index (χ2v) is 4.32. The minimum atomic E-state index is -0.111. The molecule has 0 fully saturated rings. The van der Waals surface area contributed by atoms with Crippen LogP contribution in [0, 0.1) is 0 Å². The standard InChI is InChI=1S/C12H20N2O2/c1-12(2,6-7-13)10-9(15-3)5-8-14-11(10)16-4/h5,8H,6-7,13H2,1-4H3. The van der Waals surface area contributed by atoms with E-state index in [-0.39, 0.29) is 5.41 Å². The first-order chi connectivity index (χ1) is 7.56. The average molecular weight is 224 g/mol. The van der Waals surface area contributed by atoms with Crippen molar-refractivity contribution >= 4 is 0 Å². The zero-order valence-corrected chi connectivity index (χ0v) is 10.4. The summed E-state index contributed by atoms with van der Waals surface area (Å²) in [6.45, 7) is 4.85. The third-order valence-corrected chi connectivity index (χ3v) is 2.74. The molecule has 0 aliphatic carbocycles.